The molecule has 1 aromatic carbocycles. The highest BCUT2D eigenvalue weighted by Crippen LogP contribution is 2.10. The van der Waals surface area contributed by atoms with E-state index >= 15 is 0 Å². The Balaban J connectivity index is 3.18. The van der Waals surface area contributed by atoms with E-state index in [9.17, 15) is 28.8 Å². The minimum atomic E-state index is -1.36. The maximum absolute atomic E-state index is 13.5. The van der Waals surface area contributed by atoms with Crippen LogP contribution in [-0.4, -0.2) is 88.0 Å². The molecule has 1 aromatic rings. The van der Waals surface area contributed by atoms with Crippen molar-refractivity contribution < 1.29 is 39.0 Å². The fourth-order valence-electron chi connectivity index (χ4n) is 3.87. The predicted octanol–water partition coefficient (Wildman–Crippen LogP) is 0.264. The number of carbonyl (C=O) groups excluding carboxylic acids is 4. The Morgan fingerprint density at radius 3 is 1.88 bits per heavy atom. The summed E-state index contributed by atoms with van der Waals surface area (Å²) < 4.78 is 0. The molecular weight excluding hydrogens is 566 g/mol. The van der Waals surface area contributed by atoms with E-state index in [1.54, 1.807) is 24.3 Å². The molecule has 8 N–H and O–H groups in total. The molecule has 0 heterocycles. The Labute approximate surface area is 250 Å². The molecule has 13 nitrogen and oxygen atoms in total. The quantitative estimate of drug-likeness (QED) is 0.113. The Kier molecular flexibility index (Phi) is 16.2. The largest absolute Gasteiger partial charge is 0.481 e. The van der Waals surface area contributed by atoms with Gasteiger partial charge in [0.2, 0.25) is 23.6 Å². The number of nitrogens with one attached hydrogen (secondary N) is 4. The number of aliphatic carboxylic acids is 2. The molecule has 0 saturated heterocycles. The zero-order valence-electron chi connectivity index (χ0n) is 24.4. The molecule has 0 unspecified atom stereocenters. The molecule has 0 fully saturated rings. The van der Waals surface area contributed by atoms with Crippen LogP contribution in [0.25, 0.3) is 0 Å². The highest BCUT2D eigenvalue weighted by Gasteiger charge is 2.32. The number of benzene rings is 1. The van der Waals surface area contributed by atoms with Crippen LogP contribution < -0.4 is 27.0 Å². The number of hydrogen-bond donors (Lipinski definition) is 7. The molecule has 14 heteroatoms. The van der Waals surface area contributed by atoms with Gasteiger partial charge in [-0.3, -0.25) is 28.8 Å². The summed E-state index contributed by atoms with van der Waals surface area (Å²) >= 11 is 1.53. The van der Waals surface area contributed by atoms with Crippen molar-refractivity contribution in [2.24, 2.45) is 11.7 Å². The van der Waals surface area contributed by atoms with Crippen LogP contribution >= 0.6 is 11.8 Å². The number of hydrogen-bond acceptors (Lipinski definition) is 8. The molecule has 0 bridgehead atoms. The van der Waals surface area contributed by atoms with Gasteiger partial charge in [-0.2, -0.15) is 11.8 Å². The average molecular weight is 610 g/mol. The molecule has 0 saturated carbocycles. The van der Waals surface area contributed by atoms with Crippen molar-refractivity contribution in [1.29, 1.82) is 0 Å². The van der Waals surface area contributed by atoms with Gasteiger partial charge in [0.15, 0.2) is 0 Å². The van der Waals surface area contributed by atoms with E-state index < -0.39 is 72.2 Å². The molecule has 0 radical (unpaired) electrons. The normalized spacial score (nSPS) is 14.5. The lowest BCUT2D eigenvalue weighted by Gasteiger charge is -2.27. The first-order valence-corrected chi connectivity index (χ1v) is 15.1. The second-order valence-corrected chi connectivity index (χ2v) is 11.4. The van der Waals surface area contributed by atoms with Crippen molar-refractivity contribution in [3.63, 3.8) is 0 Å². The van der Waals surface area contributed by atoms with E-state index in [1.807, 2.05) is 26.2 Å². The van der Waals surface area contributed by atoms with Crippen LogP contribution in [0.1, 0.15) is 52.0 Å². The summed E-state index contributed by atoms with van der Waals surface area (Å²) in [7, 11) is 0. The maximum atomic E-state index is 13.5. The van der Waals surface area contributed by atoms with Crippen LogP contribution in [0.15, 0.2) is 30.3 Å². The number of carboxylic acids is 2. The molecule has 234 valence electrons. The van der Waals surface area contributed by atoms with E-state index in [2.05, 4.69) is 21.3 Å². The van der Waals surface area contributed by atoms with Crippen LogP contribution in [0.2, 0.25) is 0 Å². The van der Waals surface area contributed by atoms with Gasteiger partial charge < -0.3 is 37.2 Å². The first-order chi connectivity index (χ1) is 19.7. The zero-order chi connectivity index (χ0) is 31.8. The Morgan fingerprint density at radius 2 is 1.33 bits per heavy atom. The number of amides is 4. The fourth-order valence-corrected chi connectivity index (χ4v) is 4.36. The van der Waals surface area contributed by atoms with Gasteiger partial charge in [-0.15, -0.1) is 0 Å². The SMILES string of the molecule is CSCC[C@@H](N)C(=O)N[C@H](Cc1ccccc1)C(=O)N[C@H](CC(C)C)C(=O)N[C@H](CCC(=O)O)C(=O)N[C@H](C)C(=O)O. The monoisotopic (exact) mass is 609 g/mol. The van der Waals surface area contributed by atoms with E-state index in [0.717, 1.165) is 5.56 Å². The summed E-state index contributed by atoms with van der Waals surface area (Å²) in [6.07, 6.45) is 1.81. The van der Waals surface area contributed by atoms with E-state index in [-0.39, 0.29) is 25.2 Å². The zero-order valence-corrected chi connectivity index (χ0v) is 25.2. The Bertz CT molecular complexity index is 1070. The van der Waals surface area contributed by atoms with Crippen LogP contribution in [0.3, 0.4) is 0 Å². The summed E-state index contributed by atoms with van der Waals surface area (Å²) in [4.78, 5) is 74.7. The van der Waals surface area contributed by atoms with Gasteiger partial charge in [-0.1, -0.05) is 44.2 Å². The summed E-state index contributed by atoms with van der Waals surface area (Å²) in [5.41, 5.74) is 6.77. The molecule has 0 spiro atoms. The van der Waals surface area contributed by atoms with Gasteiger partial charge >= 0.3 is 11.9 Å². The number of carboxylic acid groups (broad SMARTS) is 2. The van der Waals surface area contributed by atoms with Crippen LogP contribution in [0, 0.1) is 5.92 Å². The smallest absolute Gasteiger partial charge is 0.325 e. The lowest BCUT2D eigenvalue weighted by molar-refractivity contribution is -0.142. The van der Waals surface area contributed by atoms with Gasteiger partial charge in [0.1, 0.15) is 24.2 Å². The van der Waals surface area contributed by atoms with Crippen LogP contribution in [0.4, 0.5) is 0 Å². The lowest BCUT2D eigenvalue weighted by Crippen LogP contribution is -2.59. The molecule has 42 heavy (non-hydrogen) atoms. The van der Waals surface area contributed by atoms with Gasteiger partial charge in [0.25, 0.3) is 0 Å². The molecule has 4 amide bonds. The third-order valence-corrected chi connectivity index (χ3v) is 6.88. The molecular formula is C28H43N5O8S. The van der Waals surface area contributed by atoms with Crippen molar-refractivity contribution in [3.8, 4) is 0 Å². The van der Waals surface area contributed by atoms with E-state index in [1.165, 1.54) is 18.7 Å². The third kappa shape index (κ3) is 13.8. The molecule has 0 aliphatic carbocycles. The third-order valence-electron chi connectivity index (χ3n) is 6.23. The molecule has 0 aliphatic rings. The summed E-state index contributed by atoms with van der Waals surface area (Å²) in [5, 5.41) is 28.3. The first-order valence-electron chi connectivity index (χ1n) is 13.7. The van der Waals surface area contributed by atoms with Gasteiger partial charge in [-0.25, -0.2) is 0 Å². The number of nitrogens with two attached hydrogens (primary N) is 1. The summed E-state index contributed by atoms with van der Waals surface area (Å²) in [6, 6.07) is 3.29. The molecule has 0 aromatic heterocycles. The number of rotatable bonds is 19. The van der Waals surface area contributed by atoms with Crippen molar-refractivity contribution in [2.75, 3.05) is 12.0 Å². The average Bonchev–Trinajstić information content (AvgIpc) is 2.92. The van der Waals surface area contributed by atoms with Crippen molar-refractivity contribution in [2.45, 2.75) is 83.1 Å². The van der Waals surface area contributed by atoms with E-state index in [4.69, 9.17) is 15.9 Å². The Hall–Kier alpha value is -3.65. The standard InChI is InChI=1S/C28H43N5O8S/c1-16(2)14-21(26(38)31-20(10-11-23(34)35)25(37)30-17(3)28(40)41)33-27(39)22(15-18-8-6-5-7-9-18)32-24(36)19(29)12-13-42-4/h5-9,16-17,19-22H,10-15,29H2,1-4H3,(H,30,37)(H,31,38)(H,32,36)(H,33,39)(H,34,35)(H,40,41)/t17-,19-,20-,21-,22-/m1/s1. The van der Waals surface area contributed by atoms with Gasteiger partial charge in [0, 0.05) is 12.8 Å². The number of thioether (sulfide) groups is 1. The second kappa shape index (κ2) is 18.7. The van der Waals surface area contributed by atoms with Crippen molar-refractivity contribution in [3.05, 3.63) is 35.9 Å². The second-order valence-electron chi connectivity index (χ2n) is 10.4. The predicted molar refractivity (Wildman–Crippen MR) is 158 cm³/mol. The van der Waals surface area contributed by atoms with Gasteiger partial charge in [-0.05, 0) is 49.7 Å². The Morgan fingerprint density at radius 1 is 0.786 bits per heavy atom. The molecule has 1 rings (SSSR count). The summed E-state index contributed by atoms with van der Waals surface area (Å²) in [5.74, 6) is -4.73. The van der Waals surface area contributed by atoms with Crippen LogP contribution in [0.5, 0.6) is 0 Å². The maximum Gasteiger partial charge on any atom is 0.325 e. The fraction of sp³-hybridized carbons (Fsp3) is 0.571. The van der Waals surface area contributed by atoms with Gasteiger partial charge in [0.05, 0.1) is 6.04 Å². The van der Waals surface area contributed by atoms with Crippen molar-refractivity contribution >= 4 is 47.3 Å². The lowest BCUT2D eigenvalue weighted by atomic mass is 10.00. The highest BCUT2D eigenvalue weighted by molar-refractivity contribution is 7.98. The van der Waals surface area contributed by atoms with E-state index in [0.29, 0.717) is 12.2 Å². The van der Waals surface area contributed by atoms with Crippen molar-refractivity contribution in [1.82, 2.24) is 21.3 Å². The minimum absolute atomic E-state index is 0.0819. The highest BCUT2D eigenvalue weighted by atomic mass is 32.2. The summed E-state index contributed by atoms with van der Waals surface area (Å²) in [6.45, 7) is 4.87. The molecule has 5 atom stereocenters. The first kappa shape index (κ1) is 36.4. The van der Waals surface area contributed by atoms with Crippen LogP contribution in [-0.2, 0) is 35.2 Å². The number of carbonyl (C=O) groups is 6. The minimum Gasteiger partial charge on any atom is -0.481 e. The topological polar surface area (TPSA) is 217 Å². The molecule has 0 aliphatic heterocycles.